The summed E-state index contributed by atoms with van der Waals surface area (Å²) in [4.78, 5) is 14.3. The van der Waals surface area contributed by atoms with Gasteiger partial charge in [0.1, 0.15) is 11.6 Å². The summed E-state index contributed by atoms with van der Waals surface area (Å²) in [5.74, 6) is 0. The van der Waals surface area contributed by atoms with Crippen LogP contribution in [0.25, 0.3) is 11.1 Å². The molecule has 0 bridgehead atoms. The lowest BCUT2D eigenvalue weighted by Crippen LogP contribution is -2.12. The number of nitrogens with zero attached hydrogens (tertiary/aromatic N) is 1. The Morgan fingerprint density at radius 2 is 2.00 bits per heavy atom. The average Bonchev–Trinajstić information content (AvgIpc) is 2.38. The standard InChI is InChI=1S/C14H12N2O2/c1-9-6-12(13(7-15)14(18)16-9)11-4-2-10(8-17)3-5-11/h2-6,17H,8H2,1H3,(H,16,18). The Balaban J connectivity index is 2.63. The fourth-order valence-electron chi connectivity index (χ4n) is 1.82. The molecule has 1 aromatic heterocycles. The number of H-pyrrole nitrogens is 1. The van der Waals surface area contributed by atoms with Crippen LogP contribution in [0, 0.1) is 18.3 Å². The summed E-state index contributed by atoms with van der Waals surface area (Å²) >= 11 is 0. The van der Waals surface area contributed by atoms with E-state index in [2.05, 4.69) is 4.98 Å². The fourth-order valence-corrected chi connectivity index (χ4v) is 1.82. The number of aliphatic hydroxyl groups is 1. The van der Waals surface area contributed by atoms with Gasteiger partial charge >= 0.3 is 0 Å². The molecule has 0 atom stereocenters. The first-order valence-electron chi connectivity index (χ1n) is 5.50. The van der Waals surface area contributed by atoms with Gasteiger partial charge in [-0.25, -0.2) is 0 Å². The number of nitriles is 1. The Labute approximate surface area is 104 Å². The number of benzene rings is 1. The molecule has 4 nitrogen and oxygen atoms in total. The quantitative estimate of drug-likeness (QED) is 0.839. The number of hydrogen-bond acceptors (Lipinski definition) is 3. The molecule has 2 aromatic rings. The summed E-state index contributed by atoms with van der Waals surface area (Å²) in [6.07, 6.45) is 0. The van der Waals surface area contributed by atoms with Crippen LogP contribution >= 0.6 is 0 Å². The lowest BCUT2D eigenvalue weighted by Gasteiger charge is -2.06. The molecule has 0 radical (unpaired) electrons. The molecule has 18 heavy (non-hydrogen) atoms. The van der Waals surface area contributed by atoms with Gasteiger partial charge in [-0.1, -0.05) is 24.3 Å². The van der Waals surface area contributed by atoms with Crippen molar-refractivity contribution in [1.29, 1.82) is 5.26 Å². The number of aromatic nitrogens is 1. The molecular formula is C14H12N2O2. The Morgan fingerprint density at radius 3 is 2.56 bits per heavy atom. The van der Waals surface area contributed by atoms with Gasteiger partial charge in [-0.15, -0.1) is 0 Å². The lowest BCUT2D eigenvalue weighted by molar-refractivity contribution is 0.282. The van der Waals surface area contributed by atoms with Crippen molar-refractivity contribution in [2.24, 2.45) is 0 Å². The number of aromatic amines is 1. The Hall–Kier alpha value is -2.38. The monoisotopic (exact) mass is 240 g/mol. The second-order valence-corrected chi connectivity index (χ2v) is 4.04. The summed E-state index contributed by atoms with van der Waals surface area (Å²) in [5.41, 5.74) is 2.64. The molecule has 2 rings (SSSR count). The van der Waals surface area contributed by atoms with Crippen molar-refractivity contribution in [2.75, 3.05) is 0 Å². The molecule has 2 N–H and O–H groups in total. The van der Waals surface area contributed by atoms with E-state index >= 15 is 0 Å². The first-order valence-corrected chi connectivity index (χ1v) is 5.50. The number of rotatable bonds is 2. The lowest BCUT2D eigenvalue weighted by atomic mass is 10.00. The highest BCUT2D eigenvalue weighted by Gasteiger charge is 2.09. The van der Waals surface area contributed by atoms with Crippen LogP contribution in [0.3, 0.4) is 0 Å². The van der Waals surface area contributed by atoms with Gasteiger partial charge in [0, 0.05) is 11.3 Å². The van der Waals surface area contributed by atoms with E-state index in [1.54, 1.807) is 37.3 Å². The molecular weight excluding hydrogens is 228 g/mol. The van der Waals surface area contributed by atoms with Gasteiger partial charge in [-0.05, 0) is 24.1 Å². The summed E-state index contributed by atoms with van der Waals surface area (Å²) in [5, 5.41) is 18.0. The van der Waals surface area contributed by atoms with E-state index in [1.807, 2.05) is 6.07 Å². The van der Waals surface area contributed by atoms with Crippen molar-refractivity contribution < 1.29 is 5.11 Å². The molecule has 0 spiro atoms. The summed E-state index contributed by atoms with van der Waals surface area (Å²) in [6, 6.07) is 10.8. The van der Waals surface area contributed by atoms with Crippen LogP contribution in [0.2, 0.25) is 0 Å². The van der Waals surface area contributed by atoms with Gasteiger partial charge in [0.2, 0.25) is 0 Å². The zero-order chi connectivity index (χ0) is 13.1. The van der Waals surface area contributed by atoms with E-state index in [1.165, 1.54) is 0 Å². The molecule has 0 aliphatic heterocycles. The van der Waals surface area contributed by atoms with Crippen LogP contribution in [-0.4, -0.2) is 10.1 Å². The minimum absolute atomic E-state index is 0.0280. The molecule has 0 amide bonds. The van der Waals surface area contributed by atoms with Gasteiger partial charge in [0.15, 0.2) is 0 Å². The van der Waals surface area contributed by atoms with Crippen molar-refractivity contribution in [3.63, 3.8) is 0 Å². The first-order chi connectivity index (χ1) is 8.65. The topological polar surface area (TPSA) is 76.9 Å². The summed E-state index contributed by atoms with van der Waals surface area (Å²) < 4.78 is 0. The van der Waals surface area contributed by atoms with E-state index in [9.17, 15) is 4.79 Å². The maximum absolute atomic E-state index is 11.7. The van der Waals surface area contributed by atoms with Crippen LogP contribution in [0.4, 0.5) is 0 Å². The highest BCUT2D eigenvalue weighted by molar-refractivity contribution is 5.70. The molecule has 1 aromatic carbocycles. The van der Waals surface area contributed by atoms with E-state index in [4.69, 9.17) is 10.4 Å². The molecule has 1 heterocycles. The minimum Gasteiger partial charge on any atom is -0.392 e. The SMILES string of the molecule is Cc1cc(-c2ccc(CO)cc2)c(C#N)c(=O)[nH]1. The van der Waals surface area contributed by atoms with Crippen LogP contribution in [-0.2, 0) is 6.61 Å². The fraction of sp³-hybridized carbons (Fsp3) is 0.143. The van der Waals surface area contributed by atoms with E-state index in [0.717, 1.165) is 11.1 Å². The molecule has 0 aliphatic rings. The van der Waals surface area contributed by atoms with Crippen LogP contribution in [0.1, 0.15) is 16.8 Å². The van der Waals surface area contributed by atoms with Crippen LogP contribution < -0.4 is 5.56 Å². The molecule has 0 unspecified atom stereocenters. The zero-order valence-electron chi connectivity index (χ0n) is 9.90. The molecule has 4 heteroatoms. The maximum Gasteiger partial charge on any atom is 0.266 e. The van der Waals surface area contributed by atoms with Crippen molar-refractivity contribution in [3.8, 4) is 17.2 Å². The number of pyridine rings is 1. The number of nitrogens with one attached hydrogen (secondary N) is 1. The van der Waals surface area contributed by atoms with Gasteiger partial charge in [0.25, 0.3) is 5.56 Å². The van der Waals surface area contributed by atoms with Crippen molar-refractivity contribution >= 4 is 0 Å². The molecule has 90 valence electrons. The minimum atomic E-state index is -0.376. The van der Waals surface area contributed by atoms with E-state index < -0.39 is 0 Å². The molecule has 0 saturated carbocycles. The largest absolute Gasteiger partial charge is 0.392 e. The highest BCUT2D eigenvalue weighted by atomic mass is 16.3. The van der Waals surface area contributed by atoms with Crippen molar-refractivity contribution in [1.82, 2.24) is 4.98 Å². The van der Waals surface area contributed by atoms with Crippen molar-refractivity contribution in [2.45, 2.75) is 13.5 Å². The molecule has 0 fully saturated rings. The molecule has 0 aliphatic carbocycles. The van der Waals surface area contributed by atoms with E-state index in [-0.39, 0.29) is 17.7 Å². The van der Waals surface area contributed by atoms with Gasteiger partial charge in [-0.3, -0.25) is 4.79 Å². The number of aryl methyl sites for hydroxylation is 1. The Kier molecular flexibility index (Phi) is 3.26. The highest BCUT2D eigenvalue weighted by Crippen LogP contribution is 2.22. The first kappa shape index (κ1) is 12.1. The second-order valence-electron chi connectivity index (χ2n) is 4.04. The third-order valence-corrected chi connectivity index (χ3v) is 2.73. The Morgan fingerprint density at radius 1 is 1.33 bits per heavy atom. The number of aliphatic hydroxyl groups excluding tert-OH is 1. The average molecular weight is 240 g/mol. The van der Waals surface area contributed by atoms with Gasteiger partial charge in [0.05, 0.1) is 6.61 Å². The third kappa shape index (κ3) is 2.17. The van der Waals surface area contributed by atoms with Crippen LogP contribution in [0.15, 0.2) is 35.1 Å². The Bertz CT molecular complexity index is 664. The normalized spacial score (nSPS) is 10.1. The van der Waals surface area contributed by atoms with E-state index in [0.29, 0.717) is 11.3 Å². The molecule has 0 saturated heterocycles. The second kappa shape index (κ2) is 4.86. The van der Waals surface area contributed by atoms with Crippen molar-refractivity contribution in [3.05, 3.63) is 57.5 Å². The third-order valence-electron chi connectivity index (χ3n) is 2.73. The van der Waals surface area contributed by atoms with Gasteiger partial charge < -0.3 is 10.1 Å². The van der Waals surface area contributed by atoms with Crippen LogP contribution in [0.5, 0.6) is 0 Å². The summed E-state index contributed by atoms with van der Waals surface area (Å²) in [7, 11) is 0. The number of hydrogen-bond donors (Lipinski definition) is 2. The predicted molar refractivity (Wildman–Crippen MR) is 67.9 cm³/mol. The summed E-state index contributed by atoms with van der Waals surface area (Å²) in [6.45, 7) is 1.74. The zero-order valence-corrected chi connectivity index (χ0v) is 9.90. The smallest absolute Gasteiger partial charge is 0.266 e. The maximum atomic E-state index is 11.7. The van der Waals surface area contributed by atoms with Gasteiger partial charge in [-0.2, -0.15) is 5.26 Å². The predicted octanol–water partition coefficient (Wildman–Crippen LogP) is 1.71.